The summed E-state index contributed by atoms with van der Waals surface area (Å²) >= 11 is 8.59. The molecule has 0 radical (unpaired) electrons. The molecule has 0 saturated heterocycles. The van der Waals surface area contributed by atoms with Crippen LogP contribution in [0.5, 0.6) is 11.5 Å². The lowest BCUT2D eigenvalue weighted by Crippen LogP contribution is -2.11. The van der Waals surface area contributed by atoms with Gasteiger partial charge in [-0.05, 0) is 36.4 Å². The third kappa shape index (κ3) is 5.22. The molecule has 3 aromatic carbocycles. The molecule has 0 saturated carbocycles. The molecule has 7 nitrogen and oxygen atoms in total. The second kappa shape index (κ2) is 11.2. The van der Waals surface area contributed by atoms with Crippen LogP contribution in [0.15, 0.2) is 84.2 Å². The number of nitrogens with zero attached hydrogens (tertiary/aromatic N) is 2. The number of halogens is 1. The summed E-state index contributed by atoms with van der Waals surface area (Å²) in [4.78, 5) is 24.0. The minimum absolute atomic E-state index is 0.337. The van der Waals surface area contributed by atoms with E-state index in [1.165, 1.54) is 22.7 Å². The highest BCUT2D eigenvalue weighted by Gasteiger charge is 2.24. The normalized spacial score (nSPS) is 11.0. The van der Waals surface area contributed by atoms with Crippen molar-refractivity contribution in [2.75, 3.05) is 25.3 Å². The molecule has 0 spiro atoms. The molecule has 0 fully saturated rings. The fraction of sp³-hybridized carbons (Fsp3) is 0.0645. The van der Waals surface area contributed by atoms with Crippen molar-refractivity contribution in [3.63, 3.8) is 0 Å². The van der Waals surface area contributed by atoms with E-state index in [0.717, 1.165) is 33.6 Å². The zero-order valence-electron chi connectivity index (χ0n) is 22.0. The summed E-state index contributed by atoms with van der Waals surface area (Å²) in [6, 6.07) is 24.8. The third-order valence-corrected chi connectivity index (χ3v) is 8.64. The van der Waals surface area contributed by atoms with E-state index in [4.69, 9.17) is 31.8 Å². The number of methoxy groups -OCH3 is 2. The standard InChI is InChI=1S/C31H23ClN4O3S2/c1-38-20-12-13-25(39-2)21(14-20)22-15-23(17-6-4-3-5-7-17)34-30-26(22)27(33)28(41-30)29(37)36-31-35-24(16-40-31)18-8-10-19(32)11-9-18/h3-16H,33H2,1-2H3,(H,35,36,37). The molecule has 41 heavy (non-hydrogen) atoms. The lowest BCUT2D eigenvalue weighted by molar-refractivity contribution is 0.103. The number of carbonyl (C=O) groups is 1. The largest absolute Gasteiger partial charge is 0.497 e. The van der Waals surface area contributed by atoms with Gasteiger partial charge >= 0.3 is 0 Å². The number of aromatic nitrogens is 2. The maximum atomic E-state index is 13.5. The van der Waals surface area contributed by atoms with E-state index in [2.05, 4.69) is 10.3 Å². The van der Waals surface area contributed by atoms with E-state index >= 15 is 0 Å². The van der Waals surface area contributed by atoms with Crippen LogP contribution in [0, 0.1) is 0 Å². The number of carbonyl (C=O) groups excluding carboxylic acids is 1. The molecule has 1 amide bonds. The average Bonchev–Trinajstić information content (AvgIpc) is 3.61. The Morgan fingerprint density at radius 2 is 1.63 bits per heavy atom. The highest BCUT2D eigenvalue weighted by molar-refractivity contribution is 7.21. The molecule has 6 aromatic rings. The zero-order valence-corrected chi connectivity index (χ0v) is 24.4. The lowest BCUT2D eigenvalue weighted by atomic mass is 9.98. The Bertz CT molecular complexity index is 1890. The van der Waals surface area contributed by atoms with Crippen LogP contribution < -0.4 is 20.5 Å². The number of ether oxygens (including phenoxy) is 2. The van der Waals surface area contributed by atoms with E-state index in [9.17, 15) is 4.79 Å². The lowest BCUT2D eigenvalue weighted by Gasteiger charge is -2.13. The Morgan fingerprint density at radius 1 is 0.878 bits per heavy atom. The maximum absolute atomic E-state index is 13.5. The molecule has 10 heteroatoms. The molecule has 0 unspecified atom stereocenters. The van der Waals surface area contributed by atoms with Gasteiger partial charge in [0.2, 0.25) is 0 Å². The first-order valence-corrected chi connectivity index (χ1v) is 14.6. The minimum Gasteiger partial charge on any atom is -0.497 e. The number of nitrogens with two attached hydrogens (primary N) is 1. The van der Waals surface area contributed by atoms with Crippen LogP contribution in [-0.2, 0) is 0 Å². The monoisotopic (exact) mass is 598 g/mol. The van der Waals surface area contributed by atoms with Crippen molar-refractivity contribution in [3.8, 4) is 45.1 Å². The van der Waals surface area contributed by atoms with Crippen molar-refractivity contribution in [2.24, 2.45) is 0 Å². The molecule has 0 aliphatic rings. The quantitative estimate of drug-likeness (QED) is 0.192. The van der Waals surface area contributed by atoms with Crippen molar-refractivity contribution in [1.82, 2.24) is 9.97 Å². The molecule has 3 N–H and O–H groups in total. The number of thiazole rings is 1. The Hall–Kier alpha value is -4.44. The summed E-state index contributed by atoms with van der Waals surface area (Å²) in [6.45, 7) is 0. The van der Waals surface area contributed by atoms with Crippen LogP contribution in [0.2, 0.25) is 5.02 Å². The van der Waals surface area contributed by atoms with Crippen LogP contribution in [0.4, 0.5) is 10.8 Å². The molecule has 0 aliphatic heterocycles. The summed E-state index contributed by atoms with van der Waals surface area (Å²) in [7, 11) is 3.23. The predicted molar refractivity (Wildman–Crippen MR) is 169 cm³/mol. The number of rotatable bonds is 7. The fourth-order valence-corrected chi connectivity index (χ4v) is 6.38. The minimum atomic E-state index is -0.354. The number of nitrogens with one attached hydrogen (secondary N) is 1. The Labute approximate surface area is 249 Å². The topological polar surface area (TPSA) is 99.4 Å². The number of hydrogen-bond donors (Lipinski definition) is 2. The second-order valence-corrected chi connectivity index (χ2v) is 11.3. The van der Waals surface area contributed by atoms with Gasteiger partial charge in [-0.1, -0.05) is 54.1 Å². The van der Waals surface area contributed by atoms with Gasteiger partial charge in [-0.15, -0.1) is 22.7 Å². The summed E-state index contributed by atoms with van der Waals surface area (Å²) in [5, 5.41) is 6.57. The molecular formula is C31H23ClN4O3S2. The number of anilines is 2. The van der Waals surface area contributed by atoms with Gasteiger partial charge in [0.1, 0.15) is 21.2 Å². The summed E-state index contributed by atoms with van der Waals surface area (Å²) in [5.41, 5.74) is 11.9. The smallest absolute Gasteiger partial charge is 0.269 e. The molecule has 6 rings (SSSR count). The van der Waals surface area contributed by atoms with Gasteiger partial charge in [-0.2, -0.15) is 0 Å². The first kappa shape index (κ1) is 26.8. The number of amides is 1. The van der Waals surface area contributed by atoms with Gasteiger partial charge in [-0.3, -0.25) is 10.1 Å². The van der Waals surface area contributed by atoms with E-state index in [1.807, 2.05) is 72.1 Å². The maximum Gasteiger partial charge on any atom is 0.269 e. The van der Waals surface area contributed by atoms with E-state index in [1.54, 1.807) is 26.4 Å². The van der Waals surface area contributed by atoms with E-state index in [-0.39, 0.29) is 5.91 Å². The van der Waals surface area contributed by atoms with Gasteiger partial charge < -0.3 is 15.2 Å². The van der Waals surface area contributed by atoms with Crippen molar-refractivity contribution < 1.29 is 14.3 Å². The van der Waals surface area contributed by atoms with Crippen molar-refractivity contribution in [2.45, 2.75) is 0 Å². The van der Waals surface area contributed by atoms with Crippen molar-refractivity contribution >= 4 is 61.2 Å². The molecule has 0 bridgehead atoms. The van der Waals surface area contributed by atoms with E-state index < -0.39 is 0 Å². The van der Waals surface area contributed by atoms with Crippen molar-refractivity contribution in [1.29, 1.82) is 0 Å². The summed E-state index contributed by atoms with van der Waals surface area (Å²) < 4.78 is 11.2. The van der Waals surface area contributed by atoms with Crippen LogP contribution in [0.3, 0.4) is 0 Å². The molecule has 0 aliphatic carbocycles. The van der Waals surface area contributed by atoms with Gasteiger partial charge in [-0.25, -0.2) is 9.97 Å². The molecule has 0 atom stereocenters. The summed E-state index contributed by atoms with van der Waals surface area (Å²) in [6.07, 6.45) is 0. The van der Waals surface area contributed by atoms with Crippen molar-refractivity contribution in [3.05, 3.63) is 94.1 Å². The molecule has 3 heterocycles. The number of fused-ring (bicyclic) bond motifs is 1. The summed E-state index contributed by atoms with van der Waals surface area (Å²) in [5.74, 6) is 0.956. The third-order valence-electron chi connectivity index (χ3n) is 6.54. The first-order valence-electron chi connectivity index (χ1n) is 12.5. The highest BCUT2D eigenvalue weighted by atomic mass is 35.5. The van der Waals surface area contributed by atoms with Crippen LogP contribution in [0.25, 0.3) is 43.9 Å². The van der Waals surface area contributed by atoms with Gasteiger partial charge in [0.05, 0.1) is 31.3 Å². The number of benzene rings is 3. The zero-order chi connectivity index (χ0) is 28.5. The number of hydrogen-bond acceptors (Lipinski definition) is 8. The molecular weight excluding hydrogens is 576 g/mol. The fourth-order valence-electron chi connectivity index (χ4n) is 4.52. The number of nitrogen functional groups attached to an aromatic ring is 1. The van der Waals surface area contributed by atoms with Crippen LogP contribution in [-0.4, -0.2) is 30.1 Å². The highest BCUT2D eigenvalue weighted by Crippen LogP contribution is 2.45. The SMILES string of the molecule is COc1ccc(OC)c(-c2cc(-c3ccccc3)nc3sc(C(=O)Nc4nc(-c5ccc(Cl)cc5)cs4)c(N)c23)c1. The second-order valence-electron chi connectivity index (χ2n) is 9.01. The predicted octanol–water partition coefficient (Wildman–Crippen LogP) is 8.26. The first-order chi connectivity index (χ1) is 19.9. The molecule has 204 valence electrons. The Morgan fingerprint density at radius 3 is 2.37 bits per heavy atom. The van der Waals surface area contributed by atoms with Gasteiger partial charge in [0.15, 0.2) is 5.13 Å². The Kier molecular flexibility index (Phi) is 7.32. The molecule has 3 aromatic heterocycles. The van der Waals surface area contributed by atoms with Crippen LogP contribution in [0.1, 0.15) is 9.67 Å². The number of thiophene rings is 1. The Balaban J connectivity index is 1.45. The van der Waals surface area contributed by atoms with Crippen LogP contribution >= 0.6 is 34.3 Å². The average molecular weight is 599 g/mol. The van der Waals surface area contributed by atoms with Gasteiger partial charge in [0, 0.05) is 38.0 Å². The van der Waals surface area contributed by atoms with Gasteiger partial charge in [0.25, 0.3) is 5.91 Å². The van der Waals surface area contributed by atoms with E-state index in [0.29, 0.717) is 42.4 Å². The number of pyridine rings is 1.